The highest BCUT2D eigenvalue weighted by Crippen LogP contribution is 2.39. The van der Waals surface area contributed by atoms with Crippen molar-refractivity contribution in [3.05, 3.63) is 129 Å². The van der Waals surface area contributed by atoms with E-state index in [0.717, 1.165) is 27.6 Å². The molecule has 17 heteroatoms. The van der Waals surface area contributed by atoms with Crippen molar-refractivity contribution < 1.29 is 58.0 Å². The lowest BCUT2D eigenvalue weighted by Crippen LogP contribution is -2.42. The van der Waals surface area contributed by atoms with Gasteiger partial charge >= 0.3 is 29.8 Å². The van der Waals surface area contributed by atoms with Gasteiger partial charge in [0, 0.05) is 42.2 Å². The first-order valence-corrected chi connectivity index (χ1v) is 22.6. The van der Waals surface area contributed by atoms with E-state index in [4.69, 9.17) is 24.3 Å². The molecule has 3 unspecified atom stereocenters. The van der Waals surface area contributed by atoms with Crippen LogP contribution in [0.5, 0.6) is 5.75 Å². The van der Waals surface area contributed by atoms with Crippen molar-refractivity contribution in [2.24, 2.45) is 0 Å². The molecule has 0 aliphatic carbocycles. The van der Waals surface area contributed by atoms with Gasteiger partial charge in [0.1, 0.15) is 24.4 Å². The molecule has 17 nitrogen and oxygen atoms in total. The van der Waals surface area contributed by atoms with Crippen LogP contribution in [0.2, 0.25) is 0 Å². The van der Waals surface area contributed by atoms with Crippen molar-refractivity contribution in [1.82, 2.24) is 20.2 Å². The number of rotatable bonds is 17. The minimum atomic E-state index is -1.34. The molecule has 360 valence electrons. The zero-order valence-electron chi connectivity index (χ0n) is 39.0. The maximum Gasteiger partial charge on any atom is 0.352 e. The first-order chi connectivity index (χ1) is 32.8. The Kier molecular flexibility index (Phi) is 20.1. The SMILES string of the molecule is CC.CC.CCCC(=O)OC1C(=O)OCc2c1cc1n(c2=O)Cc2c-1nc1ccc(OC(=O)CCC(=O)NC(Cc3ccccc3)C(=O)O)cc1c2CC.O=CNC(Cc1ccccc1)C(=O)O. The smallest absolute Gasteiger partial charge is 0.352 e. The number of amides is 2. The molecule has 0 bridgehead atoms. The molecule has 3 aromatic carbocycles. The molecule has 2 aliphatic rings. The fourth-order valence-electron chi connectivity index (χ4n) is 7.51. The lowest BCUT2D eigenvalue weighted by atomic mass is 9.97. The van der Waals surface area contributed by atoms with Crippen molar-refractivity contribution in [3.8, 4) is 17.1 Å². The average Bonchev–Trinajstić information content (AvgIpc) is 3.71. The van der Waals surface area contributed by atoms with Gasteiger partial charge in [-0.2, -0.15) is 0 Å². The summed E-state index contributed by atoms with van der Waals surface area (Å²) < 4.78 is 17.8. The van der Waals surface area contributed by atoms with Crippen LogP contribution in [0.15, 0.2) is 89.7 Å². The van der Waals surface area contributed by atoms with E-state index in [0.29, 0.717) is 48.1 Å². The molecule has 4 N–H and O–H groups in total. The topological polar surface area (TPSA) is 247 Å². The summed E-state index contributed by atoms with van der Waals surface area (Å²) in [5.74, 6) is -4.52. The van der Waals surface area contributed by atoms with Crippen molar-refractivity contribution in [3.63, 3.8) is 0 Å². The highest BCUT2D eigenvalue weighted by molar-refractivity contribution is 5.91. The van der Waals surface area contributed by atoms with Gasteiger partial charge in [-0.3, -0.25) is 24.0 Å². The van der Waals surface area contributed by atoms with Crippen LogP contribution in [0.25, 0.3) is 22.3 Å². The Hall–Kier alpha value is -7.69. The Morgan fingerprint density at radius 1 is 0.809 bits per heavy atom. The summed E-state index contributed by atoms with van der Waals surface area (Å²) in [5, 5.41) is 23.7. The van der Waals surface area contributed by atoms with Crippen LogP contribution < -0.4 is 20.9 Å². The molecule has 0 saturated heterocycles. The van der Waals surface area contributed by atoms with Gasteiger partial charge in [-0.1, -0.05) is 102 Å². The second-order valence-electron chi connectivity index (χ2n) is 15.0. The van der Waals surface area contributed by atoms with Gasteiger partial charge in [0.15, 0.2) is 0 Å². The Labute approximate surface area is 393 Å². The second-order valence-corrected chi connectivity index (χ2v) is 15.0. The number of ether oxygens (including phenoxy) is 3. The molecule has 4 heterocycles. The van der Waals surface area contributed by atoms with Gasteiger partial charge in [0.25, 0.3) is 5.56 Å². The monoisotopic (exact) mass is 934 g/mol. The lowest BCUT2D eigenvalue weighted by molar-refractivity contribution is -0.171. The van der Waals surface area contributed by atoms with Crippen LogP contribution in [-0.4, -0.2) is 74.0 Å². The summed E-state index contributed by atoms with van der Waals surface area (Å²) in [6, 6.07) is 22.7. The molecule has 2 amide bonds. The number of aromatic nitrogens is 2. The van der Waals surface area contributed by atoms with E-state index in [1.807, 2.05) is 77.9 Å². The first kappa shape index (κ1) is 52.9. The molecule has 68 heavy (non-hydrogen) atoms. The number of nitrogens with zero attached hydrogens (tertiary/aromatic N) is 2. The summed E-state index contributed by atoms with van der Waals surface area (Å²) in [7, 11) is 0. The van der Waals surface area contributed by atoms with E-state index in [9.17, 15) is 43.5 Å². The number of nitrogens with one attached hydrogen (secondary N) is 2. The van der Waals surface area contributed by atoms with Gasteiger partial charge in [0.2, 0.25) is 18.4 Å². The average molecular weight is 935 g/mol. The number of benzene rings is 3. The maximum atomic E-state index is 13.7. The maximum absolute atomic E-state index is 13.7. The van der Waals surface area contributed by atoms with E-state index < -0.39 is 53.9 Å². The number of carbonyl (C=O) groups excluding carboxylic acids is 5. The van der Waals surface area contributed by atoms with Crippen molar-refractivity contribution >= 4 is 53.1 Å². The summed E-state index contributed by atoms with van der Waals surface area (Å²) >= 11 is 0. The Balaban J connectivity index is 0.000000475. The Morgan fingerprint density at radius 3 is 2.00 bits per heavy atom. The third-order valence-corrected chi connectivity index (χ3v) is 10.6. The standard InChI is InChI=1S/C37H35N3O10.C10H11NO3.2C2H6/c1-3-8-31(42)50-34-24-17-29-33-25(18-40(29)35(44)26(24)19-48-37(34)47)22(4-2)23-16-21(11-12-27(23)39-33)49-32(43)14-13-30(41)38-28(36(45)46)15-20-9-6-5-7-10-20;12-7-11-9(10(13)14)6-8-4-2-1-3-5-8;2*1-2/h5-7,9-12,16-17,28,34H,3-4,8,13-15,18-19H2,1-2H3,(H,38,41)(H,45,46);1-5,7,9H,6H2,(H,11,12)(H,13,14);2*1-2H3. The number of aliphatic carboxylic acids is 2. The molecule has 0 radical (unpaired) electrons. The molecular weight excluding hydrogens is 877 g/mol. The summed E-state index contributed by atoms with van der Waals surface area (Å²) in [5.41, 5.74) is 5.15. The van der Waals surface area contributed by atoms with Gasteiger partial charge in [-0.25, -0.2) is 19.4 Å². The van der Waals surface area contributed by atoms with Crippen molar-refractivity contribution in [1.29, 1.82) is 0 Å². The molecule has 2 aromatic heterocycles. The molecule has 3 atom stereocenters. The highest BCUT2D eigenvalue weighted by atomic mass is 16.6. The quantitative estimate of drug-likeness (QED) is 0.0439. The predicted octanol–water partition coefficient (Wildman–Crippen LogP) is 6.41. The summed E-state index contributed by atoms with van der Waals surface area (Å²) in [6.07, 6.45) is 0.154. The van der Waals surface area contributed by atoms with Gasteiger partial charge in [0.05, 0.1) is 35.4 Å². The third-order valence-electron chi connectivity index (χ3n) is 10.6. The second kappa shape index (κ2) is 25.9. The zero-order chi connectivity index (χ0) is 49.9. The zero-order valence-corrected chi connectivity index (χ0v) is 39.0. The van der Waals surface area contributed by atoms with Crippen LogP contribution in [0, 0.1) is 0 Å². The number of pyridine rings is 2. The normalized spacial score (nSPS) is 13.6. The van der Waals surface area contributed by atoms with E-state index in [-0.39, 0.29) is 55.7 Å². The number of esters is 3. The minimum Gasteiger partial charge on any atom is -0.480 e. The van der Waals surface area contributed by atoms with Crippen LogP contribution in [0.3, 0.4) is 0 Å². The van der Waals surface area contributed by atoms with Gasteiger partial charge < -0.3 is 39.6 Å². The number of cyclic esters (lactones) is 1. The van der Waals surface area contributed by atoms with Crippen LogP contribution in [0.1, 0.15) is 107 Å². The molecule has 0 spiro atoms. The number of carboxylic acids is 2. The van der Waals surface area contributed by atoms with E-state index >= 15 is 0 Å². The van der Waals surface area contributed by atoms with Crippen LogP contribution in [-0.2, 0) is 75.4 Å². The van der Waals surface area contributed by atoms with Gasteiger partial charge in [-0.15, -0.1) is 0 Å². The van der Waals surface area contributed by atoms with Crippen LogP contribution in [0.4, 0.5) is 0 Å². The number of aryl methyl sites for hydroxylation is 1. The van der Waals surface area contributed by atoms with Crippen molar-refractivity contribution in [2.45, 2.75) is 118 Å². The van der Waals surface area contributed by atoms with Crippen LogP contribution >= 0.6 is 0 Å². The lowest BCUT2D eigenvalue weighted by Gasteiger charge is -2.25. The minimum absolute atomic E-state index is 0.103. The number of hydrogen-bond donors (Lipinski definition) is 4. The Morgan fingerprint density at radius 2 is 1.43 bits per heavy atom. The molecule has 5 aromatic rings. The fraction of sp³-hybridized carbons (Fsp3) is 0.353. The molecule has 7 rings (SSSR count). The van der Waals surface area contributed by atoms with E-state index in [2.05, 4.69) is 10.6 Å². The fourth-order valence-corrected chi connectivity index (χ4v) is 7.51. The van der Waals surface area contributed by atoms with Gasteiger partial charge in [-0.05, 0) is 53.8 Å². The summed E-state index contributed by atoms with van der Waals surface area (Å²) in [4.78, 5) is 101. The summed E-state index contributed by atoms with van der Waals surface area (Å²) in [6.45, 7) is 11.8. The molecule has 0 saturated carbocycles. The number of carboxylic acid groups (broad SMARTS) is 2. The molecule has 2 aliphatic heterocycles. The molecule has 0 fully saturated rings. The number of hydrogen-bond acceptors (Lipinski definition) is 12. The predicted molar refractivity (Wildman–Crippen MR) is 252 cm³/mol. The van der Waals surface area contributed by atoms with E-state index in [1.54, 1.807) is 53.1 Å². The largest absolute Gasteiger partial charge is 0.480 e. The number of fused-ring (bicyclic) bond motifs is 5. The third kappa shape index (κ3) is 13.5. The van der Waals surface area contributed by atoms with E-state index in [1.165, 1.54) is 0 Å². The Bertz CT molecular complexity index is 2650. The van der Waals surface area contributed by atoms with Crippen molar-refractivity contribution in [2.75, 3.05) is 0 Å². The first-order valence-electron chi connectivity index (χ1n) is 22.6. The number of carbonyl (C=O) groups is 7. The molecular formula is C51H58N4O13. The highest BCUT2D eigenvalue weighted by Gasteiger charge is 2.38.